The monoisotopic (exact) mass is 405 g/mol. The first-order chi connectivity index (χ1) is 9.79. The molecule has 1 aliphatic carbocycles. The van der Waals surface area contributed by atoms with Gasteiger partial charge in [-0.25, -0.2) is 0 Å². The minimum absolute atomic E-state index is 0. The fourth-order valence-corrected chi connectivity index (χ4v) is 2.37. The quantitative estimate of drug-likeness (QED) is 0.280. The van der Waals surface area contributed by atoms with Crippen LogP contribution in [-0.2, 0) is 17.6 Å². The predicted molar refractivity (Wildman–Crippen MR) is 96.5 cm³/mol. The third-order valence-electron chi connectivity index (χ3n) is 3.34. The average molecular weight is 405 g/mol. The van der Waals surface area contributed by atoms with Crippen LogP contribution < -0.4 is 11.1 Å². The lowest BCUT2D eigenvalue weighted by atomic mass is 10.1. The third-order valence-corrected chi connectivity index (χ3v) is 3.34. The standard InChI is InChI=1S/C15H23N3O2.HI/c16-15(17-7-2-9-20-10-8-19)18-14-6-5-12-3-1-4-13(12)11-14;/h5-6,11,19H,1-4,7-10H2,(H3,16,17,18);1H. The SMILES string of the molecule is I.NC(=NCCCOCCO)Nc1ccc2c(c1)CCC2. The number of aliphatic imine (C=N–C) groups is 1. The van der Waals surface area contributed by atoms with Gasteiger partial charge in [0, 0.05) is 18.8 Å². The summed E-state index contributed by atoms with van der Waals surface area (Å²) in [4.78, 5) is 4.25. The normalized spacial score (nSPS) is 13.7. The number of nitrogens with two attached hydrogens (primary N) is 1. The fraction of sp³-hybridized carbons (Fsp3) is 0.533. The van der Waals surface area contributed by atoms with Crippen molar-refractivity contribution < 1.29 is 9.84 Å². The Kier molecular flexibility index (Phi) is 8.63. The Morgan fingerprint density at radius 1 is 1.29 bits per heavy atom. The Bertz CT molecular complexity index is 466. The summed E-state index contributed by atoms with van der Waals surface area (Å²) in [5, 5.41) is 11.7. The van der Waals surface area contributed by atoms with Gasteiger partial charge in [0.05, 0.1) is 13.2 Å². The molecule has 1 aromatic rings. The van der Waals surface area contributed by atoms with E-state index >= 15 is 0 Å². The van der Waals surface area contributed by atoms with Crippen LogP contribution in [0, 0.1) is 0 Å². The van der Waals surface area contributed by atoms with Crippen LogP contribution in [0.4, 0.5) is 5.69 Å². The van der Waals surface area contributed by atoms with E-state index in [-0.39, 0.29) is 30.6 Å². The van der Waals surface area contributed by atoms with E-state index in [4.69, 9.17) is 15.6 Å². The van der Waals surface area contributed by atoms with Gasteiger partial charge in [-0.05, 0) is 48.9 Å². The number of hydrogen-bond acceptors (Lipinski definition) is 3. The zero-order valence-corrected chi connectivity index (χ0v) is 14.5. The van der Waals surface area contributed by atoms with Crippen molar-refractivity contribution in [2.24, 2.45) is 10.7 Å². The average Bonchev–Trinajstić information content (AvgIpc) is 2.90. The number of rotatable bonds is 7. The third kappa shape index (κ3) is 6.19. The number of hydrogen-bond donors (Lipinski definition) is 3. The smallest absolute Gasteiger partial charge is 0.193 e. The van der Waals surface area contributed by atoms with E-state index in [0.717, 1.165) is 18.5 Å². The number of fused-ring (bicyclic) bond motifs is 1. The summed E-state index contributed by atoms with van der Waals surface area (Å²) in [5.41, 5.74) is 9.72. The van der Waals surface area contributed by atoms with E-state index in [0.29, 0.717) is 25.7 Å². The molecule has 0 aliphatic heterocycles. The zero-order chi connectivity index (χ0) is 14.2. The maximum atomic E-state index is 8.56. The van der Waals surface area contributed by atoms with Gasteiger partial charge in [0.1, 0.15) is 0 Å². The molecule has 0 saturated carbocycles. The molecule has 0 aromatic heterocycles. The number of aliphatic hydroxyl groups excluding tert-OH is 1. The molecule has 21 heavy (non-hydrogen) atoms. The number of halogens is 1. The Morgan fingerprint density at radius 3 is 2.90 bits per heavy atom. The van der Waals surface area contributed by atoms with Gasteiger partial charge in [0.25, 0.3) is 0 Å². The highest BCUT2D eigenvalue weighted by atomic mass is 127. The summed E-state index contributed by atoms with van der Waals surface area (Å²) >= 11 is 0. The number of aliphatic hydroxyl groups is 1. The molecule has 6 heteroatoms. The summed E-state index contributed by atoms with van der Waals surface area (Å²) in [6, 6.07) is 6.38. The summed E-state index contributed by atoms with van der Waals surface area (Å²) in [7, 11) is 0. The summed E-state index contributed by atoms with van der Waals surface area (Å²) in [6.45, 7) is 1.66. The number of aryl methyl sites for hydroxylation is 2. The van der Waals surface area contributed by atoms with E-state index in [1.165, 1.54) is 24.0 Å². The van der Waals surface area contributed by atoms with Crippen molar-refractivity contribution in [1.29, 1.82) is 0 Å². The summed E-state index contributed by atoms with van der Waals surface area (Å²) in [5.74, 6) is 0.435. The number of benzene rings is 1. The Hall–Kier alpha value is -0.860. The van der Waals surface area contributed by atoms with Crippen LogP contribution in [0.15, 0.2) is 23.2 Å². The molecule has 5 nitrogen and oxygen atoms in total. The van der Waals surface area contributed by atoms with Crippen molar-refractivity contribution in [3.63, 3.8) is 0 Å². The van der Waals surface area contributed by atoms with Gasteiger partial charge in [-0.15, -0.1) is 24.0 Å². The van der Waals surface area contributed by atoms with Crippen LogP contribution in [0.3, 0.4) is 0 Å². The topological polar surface area (TPSA) is 79.9 Å². The van der Waals surface area contributed by atoms with Crippen LogP contribution >= 0.6 is 24.0 Å². The Balaban J connectivity index is 0.00000220. The van der Waals surface area contributed by atoms with Crippen molar-refractivity contribution in [1.82, 2.24) is 0 Å². The highest BCUT2D eigenvalue weighted by Crippen LogP contribution is 2.24. The molecule has 0 bridgehead atoms. The van der Waals surface area contributed by atoms with Crippen molar-refractivity contribution in [3.05, 3.63) is 29.3 Å². The largest absolute Gasteiger partial charge is 0.394 e. The second kappa shape index (κ2) is 9.97. The molecule has 1 aliphatic rings. The maximum absolute atomic E-state index is 8.56. The van der Waals surface area contributed by atoms with Crippen molar-refractivity contribution in [3.8, 4) is 0 Å². The van der Waals surface area contributed by atoms with E-state index in [9.17, 15) is 0 Å². The van der Waals surface area contributed by atoms with E-state index in [2.05, 4.69) is 28.5 Å². The Morgan fingerprint density at radius 2 is 2.10 bits per heavy atom. The first-order valence-electron chi connectivity index (χ1n) is 7.17. The molecular weight excluding hydrogens is 381 g/mol. The van der Waals surface area contributed by atoms with Gasteiger partial charge in [0.15, 0.2) is 5.96 Å². The van der Waals surface area contributed by atoms with E-state index < -0.39 is 0 Å². The molecule has 0 amide bonds. The first-order valence-corrected chi connectivity index (χ1v) is 7.17. The van der Waals surface area contributed by atoms with Crippen LogP contribution in [0.5, 0.6) is 0 Å². The van der Waals surface area contributed by atoms with Crippen molar-refractivity contribution in [2.75, 3.05) is 31.7 Å². The maximum Gasteiger partial charge on any atom is 0.193 e. The summed E-state index contributed by atoms with van der Waals surface area (Å²) in [6.07, 6.45) is 4.39. The van der Waals surface area contributed by atoms with Crippen molar-refractivity contribution in [2.45, 2.75) is 25.7 Å². The number of nitrogens with one attached hydrogen (secondary N) is 1. The first kappa shape index (κ1) is 18.2. The number of anilines is 1. The molecule has 0 spiro atoms. The lowest BCUT2D eigenvalue weighted by molar-refractivity contribution is 0.0918. The van der Waals surface area contributed by atoms with E-state index in [1.807, 2.05) is 0 Å². The molecule has 0 unspecified atom stereocenters. The van der Waals surface area contributed by atoms with Gasteiger partial charge in [-0.3, -0.25) is 4.99 Å². The molecule has 0 atom stereocenters. The second-order valence-corrected chi connectivity index (χ2v) is 4.92. The molecule has 0 fully saturated rings. The Labute approximate surface area is 143 Å². The van der Waals surface area contributed by atoms with Gasteiger partial charge < -0.3 is 20.9 Å². The molecular formula is C15H24IN3O2. The zero-order valence-electron chi connectivity index (χ0n) is 12.2. The van der Waals surface area contributed by atoms with Crippen LogP contribution in [-0.4, -0.2) is 37.4 Å². The molecule has 4 N–H and O–H groups in total. The number of nitrogens with zero attached hydrogens (tertiary/aromatic N) is 1. The molecule has 0 radical (unpaired) electrons. The lowest BCUT2D eigenvalue weighted by Crippen LogP contribution is -2.23. The fourth-order valence-electron chi connectivity index (χ4n) is 2.37. The van der Waals surface area contributed by atoms with Gasteiger partial charge in [0.2, 0.25) is 0 Å². The highest BCUT2D eigenvalue weighted by molar-refractivity contribution is 14.0. The van der Waals surface area contributed by atoms with Crippen LogP contribution in [0.1, 0.15) is 24.0 Å². The molecule has 2 rings (SSSR count). The molecule has 0 heterocycles. The van der Waals surface area contributed by atoms with Crippen LogP contribution in [0.2, 0.25) is 0 Å². The van der Waals surface area contributed by atoms with Gasteiger partial charge >= 0.3 is 0 Å². The van der Waals surface area contributed by atoms with Crippen molar-refractivity contribution >= 4 is 35.6 Å². The van der Waals surface area contributed by atoms with E-state index in [1.54, 1.807) is 0 Å². The number of ether oxygens (including phenoxy) is 1. The van der Waals surface area contributed by atoms with Crippen LogP contribution in [0.25, 0.3) is 0 Å². The highest BCUT2D eigenvalue weighted by Gasteiger charge is 2.10. The predicted octanol–water partition coefficient (Wildman–Crippen LogP) is 1.92. The van der Waals surface area contributed by atoms with Gasteiger partial charge in [-0.2, -0.15) is 0 Å². The molecule has 118 valence electrons. The minimum atomic E-state index is 0. The van der Waals surface area contributed by atoms with Gasteiger partial charge in [-0.1, -0.05) is 6.07 Å². The second-order valence-electron chi connectivity index (χ2n) is 4.92. The number of guanidine groups is 1. The minimum Gasteiger partial charge on any atom is -0.394 e. The molecule has 0 saturated heterocycles. The molecule has 1 aromatic carbocycles. The summed E-state index contributed by atoms with van der Waals surface area (Å²) < 4.78 is 5.15. The lowest BCUT2D eigenvalue weighted by Gasteiger charge is -2.08.